The Balaban J connectivity index is 1.56. The van der Waals surface area contributed by atoms with Gasteiger partial charge in [0.05, 0.1) is 4.91 Å². The number of imide groups is 1. The molecule has 0 bridgehead atoms. The van der Waals surface area contributed by atoms with E-state index < -0.39 is 5.91 Å². The van der Waals surface area contributed by atoms with Crippen molar-refractivity contribution in [2.24, 2.45) is 0 Å². The van der Waals surface area contributed by atoms with Gasteiger partial charge in [-0.2, -0.15) is 0 Å². The molecule has 2 aliphatic rings. The molecule has 1 fully saturated rings. The van der Waals surface area contributed by atoms with E-state index >= 15 is 0 Å². The zero-order valence-corrected chi connectivity index (χ0v) is 15.0. The fourth-order valence-electron chi connectivity index (χ4n) is 2.36. The zero-order chi connectivity index (χ0) is 18.5. The van der Waals surface area contributed by atoms with E-state index in [9.17, 15) is 14.4 Å². The van der Waals surface area contributed by atoms with E-state index in [2.05, 4.69) is 5.32 Å². The highest BCUT2D eigenvalue weighted by Crippen LogP contribution is 2.31. The number of carbonyl (C=O) groups excluding carboxylic acids is 3. The number of nitrogens with one attached hydrogen (secondary N) is 1. The fourth-order valence-corrected chi connectivity index (χ4v) is 3.23. The van der Waals surface area contributed by atoms with Crippen LogP contribution in [0.25, 0.3) is 6.08 Å². The Morgan fingerprint density at radius 1 is 1.27 bits per heavy atom. The predicted octanol–water partition coefficient (Wildman–Crippen LogP) is 2.04. The summed E-state index contributed by atoms with van der Waals surface area (Å²) in [5.41, 5.74) is 1.98. The lowest BCUT2D eigenvalue weighted by Gasteiger charge is -2.16. The molecule has 0 atom stereocenters. The molecule has 0 radical (unpaired) electrons. The summed E-state index contributed by atoms with van der Waals surface area (Å²) in [5, 5.41) is 2.26. The first kappa shape index (κ1) is 18.1. The Kier molecular flexibility index (Phi) is 5.62. The van der Waals surface area contributed by atoms with Crippen molar-refractivity contribution in [1.82, 2.24) is 10.2 Å². The number of benzene rings is 1. The summed E-state index contributed by atoms with van der Waals surface area (Å²) in [5.74, 6) is -0.706. The molecule has 1 aromatic rings. The van der Waals surface area contributed by atoms with E-state index in [0.29, 0.717) is 18.1 Å². The van der Waals surface area contributed by atoms with Gasteiger partial charge in [-0.1, -0.05) is 29.8 Å². The summed E-state index contributed by atoms with van der Waals surface area (Å²) in [6.07, 6.45) is 2.95. The minimum Gasteiger partial charge on any atom is -0.494 e. The number of thioether (sulfide) groups is 1. The molecular formula is C18H18N2O5S. The van der Waals surface area contributed by atoms with Gasteiger partial charge in [0.2, 0.25) is 5.76 Å². The first-order valence-corrected chi connectivity index (χ1v) is 8.91. The average molecular weight is 374 g/mol. The van der Waals surface area contributed by atoms with Crippen LogP contribution in [0.4, 0.5) is 4.79 Å². The number of amides is 3. The van der Waals surface area contributed by atoms with Gasteiger partial charge in [0.1, 0.15) is 19.5 Å². The maximum Gasteiger partial charge on any atom is 0.293 e. The second-order valence-corrected chi connectivity index (χ2v) is 6.69. The Hall–Kier alpha value is -2.74. The molecule has 0 aromatic heterocycles. The van der Waals surface area contributed by atoms with Crippen molar-refractivity contribution >= 4 is 34.9 Å². The largest absolute Gasteiger partial charge is 0.494 e. The van der Waals surface area contributed by atoms with Crippen LogP contribution in [-0.4, -0.2) is 48.3 Å². The van der Waals surface area contributed by atoms with Crippen molar-refractivity contribution in [2.45, 2.75) is 6.92 Å². The van der Waals surface area contributed by atoms with Gasteiger partial charge in [-0.05, 0) is 30.3 Å². The molecule has 3 rings (SSSR count). The highest BCUT2D eigenvalue weighted by Gasteiger charge is 2.34. The summed E-state index contributed by atoms with van der Waals surface area (Å²) < 4.78 is 10.2. The molecular weight excluding hydrogens is 356 g/mol. The van der Waals surface area contributed by atoms with Crippen LogP contribution < -0.4 is 5.32 Å². The summed E-state index contributed by atoms with van der Waals surface area (Å²) in [6, 6.07) is 7.67. The Morgan fingerprint density at radius 3 is 2.73 bits per heavy atom. The standard InChI is InChI=1S/C18H18N2O5S/c1-12-2-4-13(5-3-12)10-15-17(22)20(18(23)26-15)7-6-19-16(21)14-11-24-8-9-25-14/h2-5,10-11H,6-9H2,1H3,(H,19,21)/b15-10+. The number of aryl methyl sites for hydroxylation is 1. The molecule has 8 heteroatoms. The molecule has 26 heavy (non-hydrogen) atoms. The molecule has 2 heterocycles. The lowest BCUT2D eigenvalue weighted by molar-refractivity contribution is -0.124. The normalized spacial score (nSPS) is 18.4. The van der Waals surface area contributed by atoms with Gasteiger partial charge in [-0.3, -0.25) is 19.3 Å². The van der Waals surface area contributed by atoms with Crippen molar-refractivity contribution in [3.05, 3.63) is 52.3 Å². The maximum absolute atomic E-state index is 12.4. The molecule has 136 valence electrons. The fraction of sp³-hybridized carbons (Fsp3) is 0.278. The van der Waals surface area contributed by atoms with Crippen LogP contribution in [0.1, 0.15) is 11.1 Å². The summed E-state index contributed by atoms with van der Waals surface area (Å²) in [7, 11) is 0. The van der Waals surface area contributed by atoms with Crippen LogP contribution in [-0.2, 0) is 19.1 Å². The number of hydrogen-bond donors (Lipinski definition) is 1. The molecule has 2 aliphatic heterocycles. The van der Waals surface area contributed by atoms with Gasteiger partial charge in [0, 0.05) is 13.1 Å². The number of rotatable bonds is 5. The van der Waals surface area contributed by atoms with Gasteiger partial charge in [0.15, 0.2) is 0 Å². The first-order chi connectivity index (χ1) is 12.5. The number of ether oxygens (including phenoxy) is 2. The topological polar surface area (TPSA) is 84.9 Å². The smallest absolute Gasteiger partial charge is 0.293 e. The van der Waals surface area contributed by atoms with Gasteiger partial charge in [0.25, 0.3) is 17.1 Å². The summed E-state index contributed by atoms with van der Waals surface area (Å²) in [4.78, 5) is 37.9. The lowest BCUT2D eigenvalue weighted by Crippen LogP contribution is -2.38. The van der Waals surface area contributed by atoms with E-state index in [4.69, 9.17) is 9.47 Å². The van der Waals surface area contributed by atoms with Crippen molar-refractivity contribution in [1.29, 1.82) is 0 Å². The van der Waals surface area contributed by atoms with E-state index in [1.807, 2.05) is 31.2 Å². The van der Waals surface area contributed by atoms with Crippen molar-refractivity contribution < 1.29 is 23.9 Å². The first-order valence-electron chi connectivity index (χ1n) is 8.09. The number of hydrogen-bond acceptors (Lipinski definition) is 6. The van der Waals surface area contributed by atoms with Crippen LogP contribution >= 0.6 is 11.8 Å². The van der Waals surface area contributed by atoms with Crippen LogP contribution in [0.2, 0.25) is 0 Å². The zero-order valence-electron chi connectivity index (χ0n) is 14.2. The monoisotopic (exact) mass is 374 g/mol. The van der Waals surface area contributed by atoms with Crippen molar-refractivity contribution in [3.8, 4) is 0 Å². The van der Waals surface area contributed by atoms with E-state index in [1.54, 1.807) is 6.08 Å². The SMILES string of the molecule is Cc1ccc(/C=C2/SC(=O)N(CCNC(=O)C3=COCCO3)C2=O)cc1. The Labute approximate surface area is 155 Å². The van der Waals surface area contributed by atoms with Crippen molar-refractivity contribution in [2.75, 3.05) is 26.3 Å². The molecule has 0 spiro atoms. The van der Waals surface area contributed by atoms with Gasteiger partial charge in [-0.25, -0.2) is 0 Å². The summed E-state index contributed by atoms with van der Waals surface area (Å²) >= 11 is 0.897. The van der Waals surface area contributed by atoms with Gasteiger partial charge >= 0.3 is 0 Å². The average Bonchev–Trinajstić information content (AvgIpc) is 2.91. The predicted molar refractivity (Wildman–Crippen MR) is 96.9 cm³/mol. The van der Waals surface area contributed by atoms with Crippen LogP contribution in [0.15, 0.2) is 41.2 Å². The Bertz CT molecular complexity index is 785. The molecule has 0 unspecified atom stereocenters. The second-order valence-electron chi connectivity index (χ2n) is 5.70. The second kappa shape index (κ2) is 8.09. The molecule has 1 N–H and O–H groups in total. The van der Waals surface area contributed by atoms with E-state index in [0.717, 1.165) is 27.8 Å². The maximum atomic E-state index is 12.4. The highest BCUT2D eigenvalue weighted by atomic mass is 32.2. The third-order valence-corrected chi connectivity index (χ3v) is 4.65. The van der Waals surface area contributed by atoms with Crippen molar-refractivity contribution in [3.63, 3.8) is 0 Å². The number of carbonyl (C=O) groups is 3. The molecule has 1 saturated heterocycles. The van der Waals surface area contributed by atoms with Gasteiger partial charge in [-0.15, -0.1) is 0 Å². The van der Waals surface area contributed by atoms with Crippen LogP contribution in [0, 0.1) is 6.92 Å². The lowest BCUT2D eigenvalue weighted by atomic mass is 10.1. The third kappa shape index (κ3) is 4.26. The van der Waals surface area contributed by atoms with Crippen LogP contribution in [0.3, 0.4) is 0 Å². The molecule has 0 saturated carbocycles. The third-order valence-electron chi connectivity index (χ3n) is 3.74. The molecule has 1 aromatic carbocycles. The minimum atomic E-state index is -0.438. The van der Waals surface area contributed by atoms with E-state index in [-0.39, 0.29) is 30.0 Å². The van der Waals surface area contributed by atoms with Crippen LogP contribution in [0.5, 0.6) is 0 Å². The molecule has 3 amide bonds. The summed E-state index contributed by atoms with van der Waals surface area (Å²) in [6.45, 7) is 2.92. The minimum absolute atomic E-state index is 0.0876. The highest BCUT2D eigenvalue weighted by molar-refractivity contribution is 8.18. The quantitative estimate of drug-likeness (QED) is 0.794. The molecule has 7 nitrogen and oxygen atoms in total. The number of nitrogens with zero attached hydrogens (tertiary/aromatic N) is 1. The Morgan fingerprint density at radius 2 is 2.04 bits per heavy atom. The molecule has 0 aliphatic carbocycles. The van der Waals surface area contributed by atoms with Gasteiger partial charge < -0.3 is 14.8 Å². The van der Waals surface area contributed by atoms with E-state index in [1.165, 1.54) is 6.26 Å².